The number of nitrogens with zero attached hydrogens (tertiary/aromatic N) is 2. The molecule has 0 saturated carbocycles. The summed E-state index contributed by atoms with van der Waals surface area (Å²) in [5.41, 5.74) is 0.961. The summed E-state index contributed by atoms with van der Waals surface area (Å²) in [6.45, 7) is 2.93. The largest absolute Gasteiger partial charge is 0.506 e. The molecule has 1 aromatic carbocycles. The Morgan fingerprint density at radius 2 is 1.94 bits per heavy atom. The molecule has 0 atom stereocenters. The molecule has 0 saturated heterocycles. The van der Waals surface area contributed by atoms with Crippen LogP contribution in [0.25, 0.3) is 11.4 Å². The summed E-state index contributed by atoms with van der Waals surface area (Å²) in [7, 11) is 0. The third-order valence-corrected chi connectivity index (χ3v) is 3.54. The first kappa shape index (κ1) is 11.7. The van der Waals surface area contributed by atoms with E-state index in [2.05, 4.69) is 43.8 Å². The van der Waals surface area contributed by atoms with Crippen LogP contribution >= 0.6 is 31.9 Å². The van der Waals surface area contributed by atoms with Crippen molar-refractivity contribution in [2.75, 3.05) is 0 Å². The summed E-state index contributed by atoms with van der Waals surface area (Å²) < 4.78 is 3.36. The second-order valence-electron chi connectivity index (χ2n) is 3.33. The van der Waals surface area contributed by atoms with Crippen molar-refractivity contribution in [1.29, 1.82) is 0 Å². The van der Waals surface area contributed by atoms with Crippen LogP contribution < -0.4 is 0 Å². The number of phenols is 1. The Kier molecular flexibility index (Phi) is 3.35. The van der Waals surface area contributed by atoms with Crippen LogP contribution in [0.3, 0.4) is 0 Å². The van der Waals surface area contributed by atoms with Gasteiger partial charge in [0.15, 0.2) is 0 Å². The van der Waals surface area contributed by atoms with Gasteiger partial charge in [0.25, 0.3) is 0 Å². The van der Waals surface area contributed by atoms with E-state index in [0.29, 0.717) is 8.95 Å². The second kappa shape index (κ2) is 4.59. The third kappa shape index (κ3) is 2.01. The van der Waals surface area contributed by atoms with E-state index in [4.69, 9.17) is 0 Å². The number of hydrogen-bond donors (Lipinski definition) is 1. The summed E-state index contributed by atoms with van der Waals surface area (Å²) >= 11 is 6.62. The van der Waals surface area contributed by atoms with Gasteiger partial charge < -0.3 is 9.67 Å². The van der Waals surface area contributed by atoms with Crippen LogP contribution in [0.15, 0.2) is 33.5 Å². The third-order valence-electron chi connectivity index (χ3n) is 2.33. The Labute approximate surface area is 110 Å². The molecule has 5 heteroatoms. The SMILES string of the molecule is CCn1ccnc1-c1cc(Br)c(O)c(Br)c1. The van der Waals surface area contributed by atoms with Gasteiger partial charge in [-0.25, -0.2) is 4.98 Å². The van der Waals surface area contributed by atoms with Crippen LogP contribution in [-0.4, -0.2) is 14.7 Å². The van der Waals surface area contributed by atoms with Crippen LogP contribution in [0.1, 0.15) is 6.92 Å². The molecule has 2 rings (SSSR count). The molecule has 0 spiro atoms. The summed E-state index contributed by atoms with van der Waals surface area (Å²) in [5.74, 6) is 1.10. The molecule has 2 aromatic rings. The Balaban J connectivity index is 2.57. The van der Waals surface area contributed by atoms with Crippen molar-refractivity contribution in [3.05, 3.63) is 33.5 Å². The number of hydrogen-bond acceptors (Lipinski definition) is 2. The molecule has 1 N–H and O–H groups in total. The molecule has 0 aliphatic rings. The minimum atomic E-state index is 0.207. The van der Waals surface area contributed by atoms with Crippen LogP contribution in [0.5, 0.6) is 5.75 Å². The molecule has 84 valence electrons. The van der Waals surface area contributed by atoms with Crippen molar-refractivity contribution < 1.29 is 5.11 Å². The highest BCUT2D eigenvalue weighted by atomic mass is 79.9. The van der Waals surface area contributed by atoms with E-state index in [-0.39, 0.29) is 5.75 Å². The standard InChI is InChI=1S/C11H10Br2N2O/c1-2-15-4-3-14-11(15)7-5-8(12)10(16)9(13)6-7/h3-6,16H,2H2,1H3. The van der Waals surface area contributed by atoms with E-state index in [0.717, 1.165) is 17.9 Å². The van der Waals surface area contributed by atoms with Crippen LogP contribution in [-0.2, 0) is 6.54 Å². The van der Waals surface area contributed by atoms with Crippen LogP contribution in [0.2, 0.25) is 0 Å². The van der Waals surface area contributed by atoms with Gasteiger partial charge >= 0.3 is 0 Å². The summed E-state index contributed by atoms with van der Waals surface area (Å²) in [6.07, 6.45) is 3.71. The monoisotopic (exact) mass is 344 g/mol. The van der Waals surface area contributed by atoms with Crippen molar-refractivity contribution in [2.24, 2.45) is 0 Å². The Bertz CT molecular complexity index is 499. The lowest BCUT2D eigenvalue weighted by Gasteiger charge is -2.07. The average molecular weight is 346 g/mol. The normalized spacial score (nSPS) is 10.7. The number of aromatic hydroxyl groups is 1. The predicted octanol–water partition coefficient (Wildman–Crippen LogP) is 3.80. The van der Waals surface area contributed by atoms with Crippen molar-refractivity contribution in [2.45, 2.75) is 13.5 Å². The summed E-state index contributed by atoms with van der Waals surface area (Å²) in [5, 5.41) is 9.63. The van der Waals surface area contributed by atoms with Crippen LogP contribution in [0, 0.1) is 0 Å². The molecule has 0 radical (unpaired) electrons. The van der Waals surface area contributed by atoms with E-state index in [1.165, 1.54) is 0 Å². The number of imidazole rings is 1. The highest BCUT2D eigenvalue weighted by molar-refractivity contribution is 9.11. The van der Waals surface area contributed by atoms with E-state index < -0.39 is 0 Å². The molecule has 0 aliphatic heterocycles. The van der Waals surface area contributed by atoms with Gasteiger partial charge in [-0.3, -0.25) is 0 Å². The fourth-order valence-electron chi connectivity index (χ4n) is 1.52. The molecule has 1 heterocycles. The highest BCUT2D eigenvalue weighted by Gasteiger charge is 2.10. The van der Waals surface area contributed by atoms with Gasteiger partial charge in [-0.2, -0.15) is 0 Å². The molecule has 3 nitrogen and oxygen atoms in total. The fraction of sp³-hybridized carbons (Fsp3) is 0.182. The molecule has 16 heavy (non-hydrogen) atoms. The summed E-state index contributed by atoms with van der Waals surface area (Å²) in [6, 6.07) is 3.71. The fourth-order valence-corrected chi connectivity index (χ4v) is 2.71. The maximum absolute atomic E-state index is 9.63. The highest BCUT2D eigenvalue weighted by Crippen LogP contribution is 2.36. The minimum Gasteiger partial charge on any atom is -0.506 e. The average Bonchev–Trinajstić information content (AvgIpc) is 2.73. The predicted molar refractivity (Wildman–Crippen MR) is 70.4 cm³/mol. The molecule has 0 bridgehead atoms. The Morgan fingerprint density at radius 1 is 1.31 bits per heavy atom. The molecule has 0 amide bonds. The molecule has 0 unspecified atom stereocenters. The van der Waals surface area contributed by atoms with Gasteiger partial charge in [0, 0.05) is 24.5 Å². The number of rotatable bonds is 2. The number of aromatic nitrogens is 2. The first-order valence-electron chi connectivity index (χ1n) is 4.83. The minimum absolute atomic E-state index is 0.207. The Morgan fingerprint density at radius 3 is 2.50 bits per heavy atom. The number of phenolic OH excluding ortho intramolecular Hbond substituents is 1. The van der Waals surface area contributed by atoms with Crippen molar-refractivity contribution in [3.8, 4) is 17.1 Å². The maximum atomic E-state index is 9.63. The smallest absolute Gasteiger partial charge is 0.143 e. The van der Waals surface area contributed by atoms with Crippen molar-refractivity contribution in [3.63, 3.8) is 0 Å². The van der Waals surface area contributed by atoms with Gasteiger partial charge in [0.05, 0.1) is 8.95 Å². The van der Waals surface area contributed by atoms with Gasteiger partial charge in [-0.15, -0.1) is 0 Å². The van der Waals surface area contributed by atoms with Gasteiger partial charge in [-0.1, -0.05) is 0 Å². The second-order valence-corrected chi connectivity index (χ2v) is 5.03. The lowest BCUT2D eigenvalue weighted by molar-refractivity contribution is 0.468. The lowest BCUT2D eigenvalue weighted by Crippen LogP contribution is -1.96. The Hall–Kier alpha value is -0.810. The molecule has 1 aromatic heterocycles. The molecular formula is C11H10Br2N2O. The van der Waals surface area contributed by atoms with Gasteiger partial charge in [0.1, 0.15) is 11.6 Å². The first-order chi connectivity index (χ1) is 7.63. The molecule has 0 aliphatic carbocycles. The lowest BCUT2D eigenvalue weighted by atomic mass is 10.2. The zero-order chi connectivity index (χ0) is 11.7. The zero-order valence-electron chi connectivity index (χ0n) is 8.61. The van der Waals surface area contributed by atoms with Crippen LogP contribution in [0.4, 0.5) is 0 Å². The van der Waals surface area contributed by atoms with Crippen molar-refractivity contribution in [1.82, 2.24) is 9.55 Å². The van der Waals surface area contributed by atoms with Gasteiger partial charge in [-0.05, 0) is 50.9 Å². The molecular weight excluding hydrogens is 336 g/mol. The van der Waals surface area contributed by atoms with E-state index in [1.807, 2.05) is 22.9 Å². The number of aryl methyl sites for hydroxylation is 1. The first-order valence-corrected chi connectivity index (χ1v) is 6.41. The van der Waals surface area contributed by atoms with E-state index >= 15 is 0 Å². The quantitative estimate of drug-likeness (QED) is 0.898. The van der Waals surface area contributed by atoms with E-state index in [9.17, 15) is 5.11 Å². The maximum Gasteiger partial charge on any atom is 0.143 e. The topological polar surface area (TPSA) is 38.0 Å². The number of benzene rings is 1. The number of halogens is 2. The van der Waals surface area contributed by atoms with Crippen molar-refractivity contribution >= 4 is 31.9 Å². The zero-order valence-corrected chi connectivity index (χ0v) is 11.8. The molecule has 0 fully saturated rings. The van der Waals surface area contributed by atoms with Gasteiger partial charge in [0.2, 0.25) is 0 Å². The van der Waals surface area contributed by atoms with E-state index in [1.54, 1.807) is 6.20 Å². The summed E-state index contributed by atoms with van der Waals surface area (Å²) in [4.78, 5) is 4.31.